The summed E-state index contributed by atoms with van der Waals surface area (Å²) < 4.78 is 36.9. The monoisotopic (exact) mass is 474 g/mol. The molecule has 0 aliphatic heterocycles. The number of hydrogen-bond donors (Lipinski definition) is 1. The van der Waals surface area contributed by atoms with Crippen LogP contribution in [-0.2, 0) is 7.05 Å². The van der Waals surface area contributed by atoms with Gasteiger partial charge >= 0.3 is 0 Å². The third-order valence-corrected chi connectivity index (χ3v) is 5.63. The average Bonchev–Trinajstić information content (AvgIpc) is 3.48. The number of amides is 1. The standard InChI is InChI=1S/C25H20F2N6O2/c1-28-24(34)16-7-14(19-5-4-18(26)9-21(19)27)6-15(8-16)22-12-29-23-10-20(17-11-30-32(2)13-17)25(35-3)31-33(22)23/h4-13H,1-3H3,(H,28,34). The van der Waals surface area contributed by atoms with Gasteiger partial charge in [0.05, 0.1) is 30.8 Å². The van der Waals surface area contributed by atoms with Gasteiger partial charge in [0.2, 0.25) is 5.88 Å². The fourth-order valence-corrected chi connectivity index (χ4v) is 3.94. The van der Waals surface area contributed by atoms with Gasteiger partial charge in [0.25, 0.3) is 5.91 Å². The zero-order valence-electron chi connectivity index (χ0n) is 19.1. The topological polar surface area (TPSA) is 86.3 Å². The second kappa shape index (κ2) is 8.64. The highest BCUT2D eigenvalue weighted by Crippen LogP contribution is 2.33. The molecule has 0 saturated heterocycles. The lowest BCUT2D eigenvalue weighted by Gasteiger charge is -2.11. The molecule has 0 unspecified atom stereocenters. The molecule has 0 bridgehead atoms. The summed E-state index contributed by atoms with van der Waals surface area (Å²) in [5.41, 5.74) is 4.09. The van der Waals surface area contributed by atoms with Crippen molar-refractivity contribution in [2.45, 2.75) is 0 Å². The van der Waals surface area contributed by atoms with Crippen LogP contribution < -0.4 is 10.1 Å². The first-order valence-corrected chi connectivity index (χ1v) is 10.6. The molecule has 0 atom stereocenters. The third-order valence-electron chi connectivity index (χ3n) is 5.63. The number of ether oxygens (including phenoxy) is 1. The molecule has 10 heteroatoms. The molecule has 176 valence electrons. The number of nitrogens with zero attached hydrogens (tertiary/aromatic N) is 5. The van der Waals surface area contributed by atoms with E-state index in [1.807, 2.05) is 19.3 Å². The molecule has 35 heavy (non-hydrogen) atoms. The predicted molar refractivity (Wildman–Crippen MR) is 126 cm³/mol. The Morgan fingerprint density at radius 3 is 2.49 bits per heavy atom. The van der Waals surface area contributed by atoms with Crippen molar-refractivity contribution in [3.63, 3.8) is 0 Å². The first-order chi connectivity index (χ1) is 16.9. The molecule has 0 radical (unpaired) electrons. The zero-order valence-corrected chi connectivity index (χ0v) is 19.1. The van der Waals surface area contributed by atoms with Crippen LogP contribution in [0.2, 0.25) is 0 Å². The smallest absolute Gasteiger partial charge is 0.251 e. The van der Waals surface area contributed by atoms with Crippen molar-refractivity contribution in [3.05, 3.63) is 78.3 Å². The molecule has 1 amide bonds. The second-order valence-electron chi connectivity index (χ2n) is 7.89. The summed E-state index contributed by atoms with van der Waals surface area (Å²) >= 11 is 0. The van der Waals surface area contributed by atoms with Crippen LogP contribution in [0, 0.1) is 11.6 Å². The number of carbonyl (C=O) groups excluding carboxylic acids is 1. The third kappa shape index (κ3) is 3.99. The Bertz CT molecular complexity index is 1590. The lowest BCUT2D eigenvalue weighted by atomic mass is 9.97. The molecule has 0 fully saturated rings. The SMILES string of the molecule is CNC(=O)c1cc(-c2ccc(F)cc2F)cc(-c2cnc3cc(-c4cnn(C)c4)c(OC)nn23)c1. The van der Waals surface area contributed by atoms with Gasteiger partial charge in [-0.1, -0.05) is 0 Å². The largest absolute Gasteiger partial charge is 0.480 e. The van der Waals surface area contributed by atoms with Gasteiger partial charge in [-0.25, -0.2) is 18.3 Å². The number of aryl methyl sites for hydroxylation is 1. The number of benzene rings is 2. The Balaban J connectivity index is 1.70. The van der Waals surface area contributed by atoms with Crippen LogP contribution in [0.4, 0.5) is 8.78 Å². The molecule has 2 aromatic carbocycles. The summed E-state index contributed by atoms with van der Waals surface area (Å²) in [4.78, 5) is 17.0. The molecule has 5 rings (SSSR count). The second-order valence-corrected chi connectivity index (χ2v) is 7.89. The molecular formula is C25H20F2N6O2. The average molecular weight is 474 g/mol. The van der Waals surface area contributed by atoms with Gasteiger partial charge in [-0.3, -0.25) is 9.48 Å². The molecule has 3 heterocycles. The number of rotatable bonds is 5. The number of carbonyl (C=O) groups is 1. The van der Waals surface area contributed by atoms with Crippen LogP contribution in [0.25, 0.3) is 39.2 Å². The van der Waals surface area contributed by atoms with Crippen molar-refractivity contribution in [3.8, 4) is 39.4 Å². The summed E-state index contributed by atoms with van der Waals surface area (Å²) in [6.07, 6.45) is 5.16. The van der Waals surface area contributed by atoms with E-state index in [4.69, 9.17) is 4.74 Å². The lowest BCUT2D eigenvalue weighted by Crippen LogP contribution is -2.18. The van der Waals surface area contributed by atoms with Gasteiger partial charge in [0.15, 0.2) is 5.65 Å². The van der Waals surface area contributed by atoms with Crippen LogP contribution in [0.1, 0.15) is 10.4 Å². The van der Waals surface area contributed by atoms with Crippen LogP contribution >= 0.6 is 0 Å². The van der Waals surface area contributed by atoms with E-state index in [-0.39, 0.29) is 11.5 Å². The summed E-state index contributed by atoms with van der Waals surface area (Å²) in [6, 6.07) is 10.1. The highest BCUT2D eigenvalue weighted by atomic mass is 19.1. The van der Waals surface area contributed by atoms with Crippen molar-refractivity contribution >= 4 is 11.6 Å². The van der Waals surface area contributed by atoms with Gasteiger partial charge in [-0.2, -0.15) is 5.10 Å². The molecule has 0 aliphatic rings. The maximum Gasteiger partial charge on any atom is 0.251 e. The molecule has 1 N–H and O–H groups in total. The van der Waals surface area contributed by atoms with Gasteiger partial charge < -0.3 is 10.1 Å². The van der Waals surface area contributed by atoms with Crippen molar-refractivity contribution < 1.29 is 18.3 Å². The van der Waals surface area contributed by atoms with Crippen molar-refractivity contribution in [1.82, 2.24) is 29.7 Å². The van der Waals surface area contributed by atoms with E-state index in [1.54, 1.807) is 39.8 Å². The molecular weight excluding hydrogens is 454 g/mol. The highest BCUT2D eigenvalue weighted by molar-refractivity contribution is 5.97. The predicted octanol–water partition coefficient (Wildman–Crippen LogP) is 4.11. The van der Waals surface area contributed by atoms with E-state index in [0.29, 0.717) is 33.9 Å². The number of nitrogens with one attached hydrogen (secondary N) is 1. The number of hydrogen-bond acceptors (Lipinski definition) is 5. The normalized spacial score (nSPS) is 11.1. The Morgan fingerprint density at radius 1 is 1.00 bits per heavy atom. The lowest BCUT2D eigenvalue weighted by molar-refractivity contribution is 0.0963. The van der Waals surface area contributed by atoms with E-state index >= 15 is 0 Å². The number of fused-ring (bicyclic) bond motifs is 1. The van der Waals surface area contributed by atoms with Crippen LogP contribution in [0.3, 0.4) is 0 Å². The number of imidazole rings is 1. The van der Waals surface area contributed by atoms with Gasteiger partial charge in [0.1, 0.15) is 11.6 Å². The van der Waals surface area contributed by atoms with Crippen molar-refractivity contribution in [2.24, 2.45) is 7.05 Å². The van der Waals surface area contributed by atoms with E-state index < -0.39 is 11.6 Å². The summed E-state index contributed by atoms with van der Waals surface area (Å²) in [7, 11) is 4.84. The van der Waals surface area contributed by atoms with Gasteiger partial charge in [-0.05, 0) is 42.0 Å². The number of aromatic nitrogens is 5. The van der Waals surface area contributed by atoms with E-state index in [0.717, 1.165) is 17.2 Å². The number of halogens is 2. The molecule has 0 spiro atoms. The minimum Gasteiger partial charge on any atom is -0.480 e. The quantitative estimate of drug-likeness (QED) is 0.414. The number of methoxy groups -OCH3 is 1. The zero-order chi connectivity index (χ0) is 24.7. The Kier molecular flexibility index (Phi) is 5.48. The molecule has 0 aliphatic carbocycles. The summed E-state index contributed by atoms with van der Waals surface area (Å²) in [5.74, 6) is -1.41. The van der Waals surface area contributed by atoms with Crippen LogP contribution in [0.15, 0.2) is 61.1 Å². The maximum absolute atomic E-state index is 14.6. The van der Waals surface area contributed by atoms with E-state index in [1.165, 1.54) is 26.3 Å². The fraction of sp³-hybridized carbons (Fsp3) is 0.120. The van der Waals surface area contributed by atoms with Crippen molar-refractivity contribution in [2.75, 3.05) is 14.2 Å². The van der Waals surface area contributed by atoms with Crippen molar-refractivity contribution in [1.29, 1.82) is 0 Å². The van der Waals surface area contributed by atoms with Crippen LogP contribution in [0.5, 0.6) is 5.88 Å². The maximum atomic E-state index is 14.6. The summed E-state index contributed by atoms with van der Waals surface area (Å²) in [6.45, 7) is 0. The first-order valence-electron chi connectivity index (χ1n) is 10.6. The molecule has 5 aromatic rings. The fourth-order valence-electron chi connectivity index (χ4n) is 3.94. The van der Waals surface area contributed by atoms with E-state index in [2.05, 4.69) is 20.5 Å². The Hall–Kier alpha value is -4.60. The minimum absolute atomic E-state index is 0.164. The Morgan fingerprint density at radius 2 is 1.80 bits per heavy atom. The molecule has 8 nitrogen and oxygen atoms in total. The summed E-state index contributed by atoms with van der Waals surface area (Å²) in [5, 5.41) is 11.4. The minimum atomic E-state index is -0.732. The molecule has 0 saturated carbocycles. The first kappa shape index (κ1) is 22.2. The van der Waals surface area contributed by atoms with Crippen LogP contribution in [-0.4, -0.2) is 44.4 Å². The highest BCUT2D eigenvalue weighted by Gasteiger charge is 2.18. The van der Waals surface area contributed by atoms with Gasteiger partial charge in [0, 0.05) is 48.6 Å². The molecule has 3 aromatic heterocycles. The van der Waals surface area contributed by atoms with E-state index in [9.17, 15) is 13.6 Å². The Labute approximate surface area is 198 Å². The van der Waals surface area contributed by atoms with Gasteiger partial charge in [-0.15, -0.1) is 5.10 Å².